The Morgan fingerprint density at radius 3 is 2.23 bits per heavy atom. The second kappa shape index (κ2) is 7.54. The van der Waals surface area contributed by atoms with Gasteiger partial charge in [-0.2, -0.15) is 0 Å². The second-order valence-electron chi connectivity index (χ2n) is 6.04. The number of aliphatic hydroxyl groups is 1. The molecule has 1 saturated heterocycles. The molecule has 2 atom stereocenters. The van der Waals surface area contributed by atoms with Crippen molar-refractivity contribution in [3.8, 4) is 0 Å². The lowest BCUT2D eigenvalue weighted by molar-refractivity contribution is 0.153. The summed E-state index contributed by atoms with van der Waals surface area (Å²) in [6, 6.07) is 21.1. The van der Waals surface area contributed by atoms with Crippen molar-refractivity contribution < 1.29 is 5.11 Å². The number of nitrogens with one attached hydrogen (secondary N) is 1. The Morgan fingerprint density at radius 1 is 0.909 bits per heavy atom. The minimum atomic E-state index is -0.278. The second-order valence-corrected chi connectivity index (χ2v) is 6.04. The van der Waals surface area contributed by atoms with Gasteiger partial charge >= 0.3 is 0 Å². The van der Waals surface area contributed by atoms with Gasteiger partial charge in [0.1, 0.15) is 0 Å². The molecule has 0 amide bonds. The molecule has 0 bridgehead atoms. The van der Waals surface area contributed by atoms with Gasteiger partial charge in [0.2, 0.25) is 0 Å². The van der Waals surface area contributed by atoms with Crippen LogP contribution < -0.4 is 5.32 Å². The van der Waals surface area contributed by atoms with Gasteiger partial charge in [-0.1, -0.05) is 60.7 Å². The number of rotatable bonds is 6. The normalized spacial score (nSPS) is 22.0. The molecule has 3 heteroatoms. The van der Waals surface area contributed by atoms with Crippen LogP contribution in [0.15, 0.2) is 60.7 Å². The first-order valence-electron chi connectivity index (χ1n) is 8.03. The van der Waals surface area contributed by atoms with Gasteiger partial charge in [-0.15, -0.1) is 0 Å². The van der Waals surface area contributed by atoms with Crippen molar-refractivity contribution in [3.63, 3.8) is 0 Å². The standard InChI is InChI=1S/C19H24N2O/c22-19-15-21(13-17-9-5-2-6-10-17)14-18(19)20-12-11-16-7-3-1-4-8-16/h1-10,18-20,22H,11-15H2/t18-,19-/m0/s1. The van der Waals surface area contributed by atoms with Crippen molar-refractivity contribution in [3.05, 3.63) is 71.8 Å². The van der Waals surface area contributed by atoms with Crippen LogP contribution in [0.1, 0.15) is 11.1 Å². The van der Waals surface area contributed by atoms with E-state index in [9.17, 15) is 5.11 Å². The van der Waals surface area contributed by atoms with Crippen LogP contribution in [0.5, 0.6) is 0 Å². The van der Waals surface area contributed by atoms with Crippen molar-refractivity contribution >= 4 is 0 Å². The van der Waals surface area contributed by atoms with Crippen LogP contribution in [-0.2, 0) is 13.0 Å². The van der Waals surface area contributed by atoms with Crippen LogP contribution in [0.25, 0.3) is 0 Å². The van der Waals surface area contributed by atoms with Gasteiger partial charge in [0.05, 0.1) is 6.10 Å². The third kappa shape index (κ3) is 4.17. The fourth-order valence-electron chi connectivity index (χ4n) is 3.08. The summed E-state index contributed by atoms with van der Waals surface area (Å²) in [4.78, 5) is 2.32. The Kier molecular flexibility index (Phi) is 5.22. The largest absolute Gasteiger partial charge is 0.390 e. The number of hydrogen-bond donors (Lipinski definition) is 2. The summed E-state index contributed by atoms with van der Waals surface area (Å²) in [5.41, 5.74) is 2.64. The molecule has 1 aliphatic rings. The zero-order valence-corrected chi connectivity index (χ0v) is 12.9. The molecule has 22 heavy (non-hydrogen) atoms. The molecule has 1 heterocycles. The molecule has 0 aromatic heterocycles. The van der Waals surface area contributed by atoms with Crippen LogP contribution in [0, 0.1) is 0 Å². The van der Waals surface area contributed by atoms with E-state index in [1.165, 1.54) is 11.1 Å². The van der Waals surface area contributed by atoms with Crippen molar-refractivity contribution in [1.82, 2.24) is 10.2 Å². The molecule has 0 radical (unpaired) electrons. The molecule has 2 N–H and O–H groups in total. The zero-order valence-electron chi connectivity index (χ0n) is 12.9. The fraction of sp³-hybridized carbons (Fsp3) is 0.368. The van der Waals surface area contributed by atoms with Crippen LogP contribution in [-0.4, -0.2) is 41.8 Å². The molecule has 0 saturated carbocycles. The molecule has 116 valence electrons. The molecule has 2 aromatic rings. The molecule has 0 unspecified atom stereocenters. The monoisotopic (exact) mass is 296 g/mol. The lowest BCUT2D eigenvalue weighted by atomic mass is 10.1. The van der Waals surface area contributed by atoms with Crippen molar-refractivity contribution in [1.29, 1.82) is 0 Å². The Hall–Kier alpha value is -1.68. The zero-order chi connectivity index (χ0) is 15.2. The van der Waals surface area contributed by atoms with Gasteiger partial charge in [-0.25, -0.2) is 0 Å². The highest BCUT2D eigenvalue weighted by atomic mass is 16.3. The van der Waals surface area contributed by atoms with Gasteiger partial charge in [0.15, 0.2) is 0 Å². The van der Waals surface area contributed by atoms with Crippen LogP contribution >= 0.6 is 0 Å². The smallest absolute Gasteiger partial charge is 0.0832 e. The summed E-state index contributed by atoms with van der Waals surface area (Å²) in [7, 11) is 0. The van der Waals surface area contributed by atoms with Crippen LogP contribution in [0.2, 0.25) is 0 Å². The predicted molar refractivity (Wildman–Crippen MR) is 89.7 cm³/mol. The van der Waals surface area contributed by atoms with E-state index < -0.39 is 0 Å². The Labute approximate surface area is 132 Å². The van der Waals surface area contributed by atoms with Crippen LogP contribution in [0.4, 0.5) is 0 Å². The van der Waals surface area contributed by atoms with E-state index in [4.69, 9.17) is 0 Å². The fourth-order valence-corrected chi connectivity index (χ4v) is 3.08. The van der Waals surface area contributed by atoms with E-state index in [1.54, 1.807) is 0 Å². The Morgan fingerprint density at radius 2 is 1.55 bits per heavy atom. The topological polar surface area (TPSA) is 35.5 Å². The average molecular weight is 296 g/mol. The quantitative estimate of drug-likeness (QED) is 0.856. The highest BCUT2D eigenvalue weighted by Crippen LogP contribution is 2.14. The van der Waals surface area contributed by atoms with Crippen molar-refractivity contribution in [2.24, 2.45) is 0 Å². The first kappa shape index (κ1) is 15.2. The summed E-state index contributed by atoms with van der Waals surface area (Å²) in [6.07, 6.45) is 0.724. The van der Waals surface area contributed by atoms with E-state index in [1.807, 2.05) is 12.1 Å². The minimum absolute atomic E-state index is 0.174. The van der Waals surface area contributed by atoms with E-state index in [2.05, 4.69) is 58.7 Å². The first-order valence-corrected chi connectivity index (χ1v) is 8.03. The molecular formula is C19H24N2O. The van der Waals surface area contributed by atoms with E-state index in [0.29, 0.717) is 0 Å². The maximum atomic E-state index is 10.2. The summed E-state index contributed by atoms with van der Waals surface area (Å²) in [5, 5.41) is 13.7. The lowest BCUT2D eigenvalue weighted by Gasteiger charge is -2.16. The van der Waals surface area contributed by atoms with E-state index in [-0.39, 0.29) is 12.1 Å². The van der Waals surface area contributed by atoms with Gasteiger partial charge in [-0.3, -0.25) is 4.90 Å². The maximum Gasteiger partial charge on any atom is 0.0832 e. The summed E-state index contributed by atoms with van der Waals surface area (Å²) in [5.74, 6) is 0. The molecule has 3 rings (SSSR count). The average Bonchev–Trinajstić information content (AvgIpc) is 2.89. The number of β-amino-alcohol motifs (C(OH)–C–C–N with tert-alkyl or cyclic N) is 1. The molecule has 0 aliphatic carbocycles. The van der Waals surface area contributed by atoms with E-state index in [0.717, 1.165) is 32.6 Å². The molecule has 1 aliphatic heterocycles. The van der Waals surface area contributed by atoms with Crippen LogP contribution in [0.3, 0.4) is 0 Å². The number of aliphatic hydroxyl groups excluding tert-OH is 1. The number of hydrogen-bond acceptors (Lipinski definition) is 3. The maximum absolute atomic E-state index is 10.2. The van der Waals surface area contributed by atoms with Gasteiger partial charge in [0, 0.05) is 25.7 Å². The number of benzene rings is 2. The first-order chi connectivity index (χ1) is 10.8. The highest BCUT2D eigenvalue weighted by molar-refractivity contribution is 5.16. The SMILES string of the molecule is O[C@H]1CN(Cc2ccccc2)C[C@@H]1NCCc1ccccc1. The number of nitrogens with zero attached hydrogens (tertiary/aromatic N) is 1. The lowest BCUT2D eigenvalue weighted by Crippen LogP contribution is -2.40. The van der Waals surface area contributed by atoms with Gasteiger partial charge in [0.25, 0.3) is 0 Å². The van der Waals surface area contributed by atoms with E-state index >= 15 is 0 Å². The Bertz CT molecular complexity index is 558. The third-order valence-electron chi connectivity index (χ3n) is 4.28. The molecule has 1 fully saturated rings. The number of likely N-dealkylation sites (tertiary alicyclic amines) is 1. The van der Waals surface area contributed by atoms with Crippen molar-refractivity contribution in [2.75, 3.05) is 19.6 Å². The molecule has 2 aromatic carbocycles. The summed E-state index contributed by atoms with van der Waals surface area (Å²) in [6.45, 7) is 3.47. The Balaban J connectivity index is 1.45. The summed E-state index contributed by atoms with van der Waals surface area (Å²) >= 11 is 0. The minimum Gasteiger partial charge on any atom is -0.390 e. The predicted octanol–water partition coefficient (Wildman–Crippen LogP) is 2.06. The summed E-state index contributed by atoms with van der Waals surface area (Å²) < 4.78 is 0. The molecule has 3 nitrogen and oxygen atoms in total. The van der Waals surface area contributed by atoms with Gasteiger partial charge < -0.3 is 10.4 Å². The molecule has 0 spiro atoms. The third-order valence-corrected chi connectivity index (χ3v) is 4.28. The molecular weight excluding hydrogens is 272 g/mol. The van der Waals surface area contributed by atoms with Gasteiger partial charge in [-0.05, 0) is 24.1 Å². The van der Waals surface area contributed by atoms with Crippen molar-refractivity contribution in [2.45, 2.75) is 25.1 Å². The highest BCUT2D eigenvalue weighted by Gasteiger charge is 2.30.